The number of para-hydroxylation sites is 1. The average molecular weight is 374 g/mol. The smallest absolute Gasteiger partial charge is 0.226 e. The van der Waals surface area contributed by atoms with E-state index in [1.54, 1.807) is 0 Å². The lowest BCUT2D eigenvalue weighted by Gasteiger charge is -2.36. The molecule has 2 saturated heterocycles. The molecule has 1 aromatic heterocycles. The Balaban J connectivity index is 1.39. The first-order valence-electron chi connectivity index (χ1n) is 10.2. The number of hydrogen-bond donors (Lipinski definition) is 0. The molecule has 2 aliphatic heterocycles. The van der Waals surface area contributed by atoms with Gasteiger partial charge in [-0.1, -0.05) is 48.5 Å². The fourth-order valence-electron chi connectivity index (χ4n) is 4.24. The molecule has 0 spiro atoms. The fraction of sp³-hybridized carbons (Fsp3) is 0.391. The molecule has 0 N–H and O–H groups in total. The number of anilines is 1. The van der Waals surface area contributed by atoms with Crippen molar-refractivity contribution in [1.29, 1.82) is 0 Å². The third kappa shape index (κ3) is 3.60. The summed E-state index contributed by atoms with van der Waals surface area (Å²) in [4.78, 5) is 14.8. The summed E-state index contributed by atoms with van der Waals surface area (Å²) in [6.07, 6.45) is 1.20. The molecule has 2 fully saturated rings. The minimum absolute atomic E-state index is 0.702. The number of rotatable bonds is 4. The molecular formula is C23H26N4O. The topological polar surface area (TPSA) is 41.5 Å². The number of fused-ring (bicyclic) bond motifs is 1. The Kier molecular flexibility index (Phi) is 4.93. The van der Waals surface area contributed by atoms with Crippen molar-refractivity contribution in [2.24, 2.45) is 5.92 Å². The van der Waals surface area contributed by atoms with Crippen LogP contribution in [0, 0.1) is 5.92 Å². The zero-order valence-electron chi connectivity index (χ0n) is 16.1. The lowest BCUT2D eigenvalue weighted by molar-refractivity contribution is 0.164. The third-order valence-electron chi connectivity index (χ3n) is 5.83. The average Bonchev–Trinajstić information content (AvgIpc) is 3.27. The lowest BCUT2D eigenvalue weighted by Crippen LogP contribution is -2.48. The number of hydrogen-bond acceptors (Lipinski definition) is 5. The van der Waals surface area contributed by atoms with E-state index in [0.29, 0.717) is 5.92 Å². The van der Waals surface area contributed by atoms with Crippen LogP contribution in [0.15, 0.2) is 54.6 Å². The van der Waals surface area contributed by atoms with E-state index in [1.807, 2.05) is 6.07 Å². The van der Waals surface area contributed by atoms with Crippen molar-refractivity contribution in [3.63, 3.8) is 0 Å². The van der Waals surface area contributed by atoms with Crippen molar-refractivity contribution >= 4 is 16.9 Å². The summed E-state index contributed by atoms with van der Waals surface area (Å²) < 4.78 is 5.53. The maximum Gasteiger partial charge on any atom is 0.226 e. The van der Waals surface area contributed by atoms with Gasteiger partial charge in [-0.2, -0.15) is 0 Å². The summed E-state index contributed by atoms with van der Waals surface area (Å²) >= 11 is 0. The Morgan fingerprint density at radius 3 is 2.46 bits per heavy atom. The Labute approximate surface area is 166 Å². The predicted octanol–water partition coefficient (Wildman–Crippen LogP) is 3.46. The van der Waals surface area contributed by atoms with Gasteiger partial charge in [-0.3, -0.25) is 4.90 Å². The molecule has 0 radical (unpaired) electrons. The van der Waals surface area contributed by atoms with Crippen LogP contribution in [0.4, 0.5) is 5.95 Å². The lowest BCUT2D eigenvalue weighted by atomic mass is 10.1. The van der Waals surface area contributed by atoms with Gasteiger partial charge in [-0.05, 0) is 18.4 Å². The van der Waals surface area contributed by atoms with Crippen LogP contribution < -0.4 is 4.90 Å². The molecule has 28 heavy (non-hydrogen) atoms. The van der Waals surface area contributed by atoms with Gasteiger partial charge in [0.2, 0.25) is 5.95 Å². The summed E-state index contributed by atoms with van der Waals surface area (Å²) in [6, 6.07) is 18.7. The highest BCUT2D eigenvalue weighted by Crippen LogP contribution is 2.28. The van der Waals surface area contributed by atoms with E-state index in [0.717, 1.165) is 74.0 Å². The number of aromatic nitrogens is 2. The van der Waals surface area contributed by atoms with Gasteiger partial charge in [0.25, 0.3) is 0 Å². The Bertz CT molecular complexity index is 932. The molecule has 0 aliphatic carbocycles. The normalized spacial score (nSPS) is 20.7. The van der Waals surface area contributed by atoms with Crippen LogP contribution in [0.25, 0.3) is 22.2 Å². The molecule has 0 bridgehead atoms. The molecule has 0 amide bonds. The second kappa shape index (κ2) is 7.86. The highest BCUT2D eigenvalue weighted by molar-refractivity contribution is 5.93. The standard InChI is InChI=1S/C23H26N4O/c1-2-6-19(7-3-1)22-20-8-4-5-9-21(20)24-23(25-22)27-13-11-26(12-14-27)16-18-10-15-28-17-18/h1-9,18H,10-17H2. The van der Waals surface area contributed by atoms with Crippen molar-refractivity contribution in [2.45, 2.75) is 6.42 Å². The monoisotopic (exact) mass is 374 g/mol. The summed E-state index contributed by atoms with van der Waals surface area (Å²) in [5.74, 6) is 1.55. The van der Waals surface area contributed by atoms with Gasteiger partial charge in [0.05, 0.1) is 17.8 Å². The first kappa shape index (κ1) is 17.6. The molecule has 0 saturated carbocycles. The minimum Gasteiger partial charge on any atom is -0.381 e. The van der Waals surface area contributed by atoms with E-state index in [9.17, 15) is 0 Å². The molecule has 1 unspecified atom stereocenters. The maximum absolute atomic E-state index is 5.53. The summed E-state index contributed by atoms with van der Waals surface area (Å²) in [7, 11) is 0. The van der Waals surface area contributed by atoms with Crippen LogP contribution in [0.3, 0.4) is 0 Å². The first-order valence-corrected chi connectivity index (χ1v) is 10.2. The Morgan fingerprint density at radius 1 is 0.893 bits per heavy atom. The van der Waals surface area contributed by atoms with Crippen molar-refractivity contribution in [1.82, 2.24) is 14.9 Å². The summed E-state index contributed by atoms with van der Waals surface area (Å²) in [6.45, 7) is 7.08. The van der Waals surface area contributed by atoms with Gasteiger partial charge in [0.1, 0.15) is 0 Å². The van der Waals surface area contributed by atoms with Crippen LogP contribution >= 0.6 is 0 Å². The van der Waals surface area contributed by atoms with Gasteiger partial charge < -0.3 is 9.64 Å². The second-order valence-electron chi connectivity index (χ2n) is 7.77. The van der Waals surface area contributed by atoms with Crippen LogP contribution in [0.2, 0.25) is 0 Å². The van der Waals surface area contributed by atoms with E-state index in [-0.39, 0.29) is 0 Å². The van der Waals surface area contributed by atoms with E-state index < -0.39 is 0 Å². The number of nitrogens with zero attached hydrogens (tertiary/aromatic N) is 4. The highest BCUT2D eigenvalue weighted by atomic mass is 16.5. The summed E-state index contributed by atoms with van der Waals surface area (Å²) in [5, 5.41) is 1.11. The van der Waals surface area contributed by atoms with Gasteiger partial charge in [0.15, 0.2) is 0 Å². The highest BCUT2D eigenvalue weighted by Gasteiger charge is 2.24. The van der Waals surface area contributed by atoms with Crippen molar-refractivity contribution in [3.8, 4) is 11.3 Å². The van der Waals surface area contributed by atoms with E-state index >= 15 is 0 Å². The predicted molar refractivity (Wildman–Crippen MR) is 113 cm³/mol. The van der Waals surface area contributed by atoms with Crippen LogP contribution in [0.5, 0.6) is 0 Å². The SMILES string of the molecule is c1ccc(-c2nc(N3CCN(CC4CCOC4)CC3)nc3ccccc23)cc1. The van der Waals surface area contributed by atoms with Crippen LogP contribution in [0.1, 0.15) is 6.42 Å². The molecule has 3 heterocycles. The molecule has 2 aromatic carbocycles. The van der Waals surface area contributed by atoms with Crippen molar-refractivity contribution < 1.29 is 4.74 Å². The van der Waals surface area contributed by atoms with Gasteiger partial charge >= 0.3 is 0 Å². The zero-order valence-corrected chi connectivity index (χ0v) is 16.1. The minimum atomic E-state index is 0.702. The Hall–Kier alpha value is -2.50. The van der Waals surface area contributed by atoms with Crippen LogP contribution in [-0.4, -0.2) is 60.8 Å². The molecular weight excluding hydrogens is 348 g/mol. The Morgan fingerprint density at radius 2 is 1.68 bits per heavy atom. The van der Waals surface area contributed by atoms with Gasteiger partial charge in [-0.25, -0.2) is 9.97 Å². The third-order valence-corrected chi connectivity index (χ3v) is 5.83. The molecule has 3 aromatic rings. The van der Waals surface area contributed by atoms with E-state index in [4.69, 9.17) is 14.7 Å². The van der Waals surface area contributed by atoms with E-state index in [1.165, 1.54) is 6.42 Å². The largest absolute Gasteiger partial charge is 0.381 e. The first-order chi connectivity index (χ1) is 13.9. The fourth-order valence-corrected chi connectivity index (χ4v) is 4.24. The van der Waals surface area contributed by atoms with Crippen molar-refractivity contribution in [2.75, 3.05) is 50.8 Å². The maximum atomic E-state index is 5.53. The van der Waals surface area contributed by atoms with Gasteiger partial charge in [-0.15, -0.1) is 0 Å². The number of benzene rings is 2. The molecule has 144 valence electrons. The summed E-state index contributed by atoms with van der Waals surface area (Å²) in [5.41, 5.74) is 3.17. The molecule has 5 rings (SSSR count). The number of piperazine rings is 1. The van der Waals surface area contributed by atoms with Crippen LogP contribution in [-0.2, 0) is 4.74 Å². The molecule has 2 aliphatic rings. The molecule has 5 heteroatoms. The number of ether oxygens (including phenoxy) is 1. The molecule has 5 nitrogen and oxygen atoms in total. The second-order valence-corrected chi connectivity index (χ2v) is 7.77. The molecule has 1 atom stereocenters. The van der Waals surface area contributed by atoms with Crippen molar-refractivity contribution in [3.05, 3.63) is 54.6 Å². The quantitative estimate of drug-likeness (QED) is 0.700. The zero-order chi connectivity index (χ0) is 18.8. The van der Waals surface area contributed by atoms with E-state index in [2.05, 4.69) is 58.3 Å². The van der Waals surface area contributed by atoms with Gasteiger partial charge in [0, 0.05) is 50.3 Å².